The number of H-pyrrole nitrogens is 1. The second-order valence-corrected chi connectivity index (χ2v) is 9.60. The molecule has 0 aliphatic rings. The maximum absolute atomic E-state index is 13.0. The molecule has 0 saturated carbocycles. The molecule has 4 rings (SSSR count). The summed E-state index contributed by atoms with van der Waals surface area (Å²) in [5, 5.41) is 13.4. The number of hydrogen-bond acceptors (Lipinski definition) is 5. The van der Waals surface area contributed by atoms with Crippen LogP contribution in [0.15, 0.2) is 79.0 Å². The van der Waals surface area contributed by atoms with Crippen molar-refractivity contribution in [3.8, 4) is 11.5 Å². The minimum atomic E-state index is -0.162. The fourth-order valence-corrected chi connectivity index (χ4v) is 4.75. The third-order valence-electron chi connectivity index (χ3n) is 6.59. The Morgan fingerprint density at radius 3 is 2.58 bits per heavy atom. The van der Waals surface area contributed by atoms with E-state index in [2.05, 4.69) is 40.4 Å². The van der Waals surface area contributed by atoms with Gasteiger partial charge in [0, 0.05) is 48.4 Å². The summed E-state index contributed by atoms with van der Waals surface area (Å²) in [6.07, 6.45) is 4.26. The van der Waals surface area contributed by atoms with Crippen LogP contribution in [0.1, 0.15) is 23.1 Å². The molecule has 0 radical (unpaired) electrons. The zero-order chi connectivity index (χ0) is 26.7. The van der Waals surface area contributed by atoms with Crippen LogP contribution >= 0.6 is 0 Å². The van der Waals surface area contributed by atoms with Gasteiger partial charge in [-0.3, -0.25) is 9.69 Å². The number of aliphatic hydroxyl groups excluding tert-OH is 1. The van der Waals surface area contributed by atoms with Crippen LogP contribution in [0, 0.1) is 0 Å². The van der Waals surface area contributed by atoms with Gasteiger partial charge in [0.2, 0.25) is 0 Å². The Kier molecular flexibility index (Phi) is 9.78. The summed E-state index contributed by atoms with van der Waals surface area (Å²) in [5.41, 5.74) is 4.48. The van der Waals surface area contributed by atoms with E-state index >= 15 is 0 Å². The number of hydrogen-bond donors (Lipinski definition) is 3. The quantitative estimate of drug-likeness (QED) is 0.233. The predicted molar refractivity (Wildman–Crippen MR) is 151 cm³/mol. The zero-order valence-electron chi connectivity index (χ0n) is 22.2. The first-order valence-electron chi connectivity index (χ1n) is 13.0. The van der Waals surface area contributed by atoms with Crippen molar-refractivity contribution in [1.29, 1.82) is 0 Å². The number of ether oxygens (including phenoxy) is 2. The largest absolute Gasteiger partial charge is 0.496 e. The maximum atomic E-state index is 13.0. The van der Waals surface area contributed by atoms with Crippen LogP contribution in [0.25, 0.3) is 10.9 Å². The summed E-state index contributed by atoms with van der Waals surface area (Å²) in [5.74, 6) is 1.34. The van der Waals surface area contributed by atoms with Gasteiger partial charge < -0.3 is 24.9 Å². The molecule has 0 aliphatic heterocycles. The average molecular weight is 516 g/mol. The van der Waals surface area contributed by atoms with Gasteiger partial charge >= 0.3 is 0 Å². The van der Waals surface area contributed by atoms with Gasteiger partial charge in [0.05, 0.1) is 7.11 Å². The van der Waals surface area contributed by atoms with E-state index in [1.54, 1.807) is 7.11 Å². The number of carbonyl (C=O) groups is 1. The lowest BCUT2D eigenvalue weighted by atomic mass is 10.0. The van der Waals surface area contributed by atoms with E-state index in [9.17, 15) is 4.79 Å². The van der Waals surface area contributed by atoms with Crippen molar-refractivity contribution in [3.63, 3.8) is 0 Å². The highest BCUT2D eigenvalue weighted by molar-refractivity contribution is 5.83. The number of para-hydroxylation sites is 2. The fourth-order valence-electron chi connectivity index (χ4n) is 4.75. The molecule has 1 unspecified atom stereocenters. The summed E-state index contributed by atoms with van der Waals surface area (Å²) in [6.45, 7) is 1.47. The van der Waals surface area contributed by atoms with Gasteiger partial charge in [0.1, 0.15) is 11.5 Å². The molecule has 0 aliphatic carbocycles. The van der Waals surface area contributed by atoms with Gasteiger partial charge in [-0.15, -0.1) is 0 Å². The van der Waals surface area contributed by atoms with E-state index in [0.29, 0.717) is 25.3 Å². The minimum Gasteiger partial charge on any atom is -0.496 e. The van der Waals surface area contributed by atoms with E-state index in [0.717, 1.165) is 46.2 Å². The summed E-state index contributed by atoms with van der Waals surface area (Å²) in [6, 6.07) is 23.7. The number of amides is 1. The Bertz CT molecular complexity index is 1300. The Balaban J connectivity index is 1.41. The molecule has 1 heterocycles. The molecule has 38 heavy (non-hydrogen) atoms. The summed E-state index contributed by atoms with van der Waals surface area (Å²) in [4.78, 5) is 18.5. The standard InChI is InChI=1S/C31H37N3O4/c1-34(20-24-9-3-6-12-30(24)37-2)21-26(18-25-19-32-29-11-5-4-10-28(25)29)33-31(36)22-38-27-15-13-23(14-16-27)8-7-17-35/h3-6,9-16,19,26,32,35H,7-8,17-18,20-22H2,1-2H3,(H,33,36). The van der Waals surface area contributed by atoms with Crippen molar-refractivity contribution < 1.29 is 19.4 Å². The molecule has 0 spiro atoms. The highest BCUT2D eigenvalue weighted by Crippen LogP contribution is 2.21. The lowest BCUT2D eigenvalue weighted by Gasteiger charge is -2.26. The average Bonchev–Trinajstić information content (AvgIpc) is 3.34. The molecule has 4 aromatic rings. The van der Waals surface area contributed by atoms with Gasteiger partial charge in [-0.05, 0) is 61.7 Å². The number of methoxy groups -OCH3 is 1. The van der Waals surface area contributed by atoms with Crippen LogP contribution in [0.5, 0.6) is 11.5 Å². The second kappa shape index (κ2) is 13.7. The number of benzene rings is 3. The van der Waals surface area contributed by atoms with E-state index in [4.69, 9.17) is 14.6 Å². The van der Waals surface area contributed by atoms with Gasteiger partial charge in [-0.25, -0.2) is 0 Å². The van der Waals surface area contributed by atoms with E-state index in [1.807, 2.05) is 60.8 Å². The minimum absolute atomic E-state index is 0.0589. The third kappa shape index (κ3) is 7.60. The van der Waals surface area contributed by atoms with E-state index in [1.165, 1.54) is 0 Å². The van der Waals surface area contributed by atoms with Crippen molar-refractivity contribution in [2.24, 2.45) is 0 Å². The van der Waals surface area contributed by atoms with Crippen molar-refractivity contribution in [3.05, 3.63) is 95.7 Å². The van der Waals surface area contributed by atoms with Gasteiger partial charge in [-0.1, -0.05) is 48.5 Å². The fraction of sp³-hybridized carbons (Fsp3) is 0.323. The Labute approximate surface area is 224 Å². The number of rotatable bonds is 14. The number of aromatic amines is 1. The summed E-state index contributed by atoms with van der Waals surface area (Å²) >= 11 is 0. The number of likely N-dealkylation sites (N-methyl/N-ethyl adjacent to an activating group) is 1. The van der Waals surface area contributed by atoms with Gasteiger partial charge in [-0.2, -0.15) is 0 Å². The normalized spacial score (nSPS) is 12.0. The molecule has 0 saturated heterocycles. The van der Waals surface area contributed by atoms with Crippen LogP contribution in [0.4, 0.5) is 0 Å². The second-order valence-electron chi connectivity index (χ2n) is 9.60. The van der Waals surface area contributed by atoms with Crippen LogP contribution in [0.3, 0.4) is 0 Å². The van der Waals surface area contributed by atoms with Gasteiger partial charge in [0.15, 0.2) is 6.61 Å². The molecule has 7 nitrogen and oxygen atoms in total. The van der Waals surface area contributed by atoms with Crippen LogP contribution in [-0.4, -0.2) is 60.9 Å². The smallest absolute Gasteiger partial charge is 0.258 e. The first-order chi connectivity index (χ1) is 18.6. The Hall–Kier alpha value is -3.81. The molecule has 0 fully saturated rings. The molecule has 1 amide bonds. The molecule has 1 atom stereocenters. The molecule has 3 N–H and O–H groups in total. The molecule has 3 aromatic carbocycles. The SMILES string of the molecule is COc1ccccc1CN(C)CC(Cc1c[nH]c2ccccc12)NC(=O)COc1ccc(CCCO)cc1. The highest BCUT2D eigenvalue weighted by Gasteiger charge is 2.19. The first-order valence-corrected chi connectivity index (χ1v) is 13.0. The Morgan fingerprint density at radius 2 is 1.79 bits per heavy atom. The molecular weight excluding hydrogens is 478 g/mol. The molecule has 1 aromatic heterocycles. The number of aryl methyl sites for hydroxylation is 1. The van der Waals surface area contributed by atoms with E-state index in [-0.39, 0.29) is 25.2 Å². The summed E-state index contributed by atoms with van der Waals surface area (Å²) in [7, 11) is 3.73. The predicted octanol–water partition coefficient (Wildman–Crippen LogP) is 4.34. The lowest BCUT2D eigenvalue weighted by molar-refractivity contribution is -0.123. The molecule has 200 valence electrons. The molecule has 0 bridgehead atoms. The maximum Gasteiger partial charge on any atom is 0.258 e. The first kappa shape index (κ1) is 27.2. The number of carbonyl (C=O) groups excluding carboxylic acids is 1. The van der Waals surface area contributed by atoms with Crippen LogP contribution in [-0.2, 0) is 24.2 Å². The topological polar surface area (TPSA) is 86.8 Å². The number of nitrogens with zero attached hydrogens (tertiary/aromatic N) is 1. The number of aliphatic hydroxyl groups is 1. The van der Waals surface area contributed by atoms with Crippen LogP contribution < -0.4 is 14.8 Å². The number of fused-ring (bicyclic) bond motifs is 1. The molecule has 7 heteroatoms. The number of nitrogens with one attached hydrogen (secondary N) is 2. The monoisotopic (exact) mass is 515 g/mol. The van der Waals surface area contributed by atoms with Crippen molar-refractivity contribution in [2.75, 3.05) is 33.9 Å². The Morgan fingerprint density at radius 1 is 1.03 bits per heavy atom. The van der Waals surface area contributed by atoms with Crippen LogP contribution in [0.2, 0.25) is 0 Å². The lowest BCUT2D eigenvalue weighted by Crippen LogP contribution is -2.45. The van der Waals surface area contributed by atoms with Crippen molar-refractivity contribution >= 4 is 16.8 Å². The molecular formula is C31H37N3O4. The van der Waals surface area contributed by atoms with Crippen molar-refractivity contribution in [1.82, 2.24) is 15.2 Å². The third-order valence-corrected chi connectivity index (χ3v) is 6.59. The van der Waals surface area contributed by atoms with E-state index < -0.39 is 0 Å². The van der Waals surface area contributed by atoms with Crippen molar-refractivity contribution in [2.45, 2.75) is 31.8 Å². The number of aromatic nitrogens is 1. The summed E-state index contributed by atoms with van der Waals surface area (Å²) < 4.78 is 11.3. The highest BCUT2D eigenvalue weighted by atomic mass is 16.5. The van der Waals surface area contributed by atoms with Gasteiger partial charge in [0.25, 0.3) is 5.91 Å². The zero-order valence-corrected chi connectivity index (χ0v) is 22.2.